The van der Waals surface area contributed by atoms with Crippen molar-refractivity contribution in [2.45, 2.75) is 24.6 Å². The molecule has 1 aliphatic rings. The Kier molecular flexibility index (Phi) is 6.35. The molecule has 0 aliphatic carbocycles. The maximum absolute atomic E-state index is 12.7. The van der Waals surface area contributed by atoms with Gasteiger partial charge in [-0.25, -0.2) is 0 Å². The molecule has 1 N–H and O–H groups in total. The normalized spacial score (nSPS) is 16.9. The van der Waals surface area contributed by atoms with E-state index < -0.39 is 5.38 Å². The number of hydrogen-bond donors (Lipinski definition) is 1. The summed E-state index contributed by atoms with van der Waals surface area (Å²) in [5.41, 5.74) is 5.46. The number of nitrogens with one attached hydrogen (secondary N) is 1. The second kappa shape index (κ2) is 9.16. The Bertz CT molecular complexity index is 1120. The van der Waals surface area contributed by atoms with E-state index in [0.29, 0.717) is 11.4 Å². The lowest BCUT2D eigenvalue weighted by atomic mass is 10.1. The number of thioether (sulfide) groups is 1. The Morgan fingerprint density at radius 3 is 2.61 bits per heavy atom. The Morgan fingerprint density at radius 2 is 1.84 bits per heavy atom. The van der Waals surface area contributed by atoms with Crippen LogP contribution in [0.2, 0.25) is 0 Å². The van der Waals surface area contributed by atoms with Crippen LogP contribution in [0.25, 0.3) is 0 Å². The van der Waals surface area contributed by atoms with E-state index in [1.54, 1.807) is 11.8 Å². The van der Waals surface area contributed by atoms with Gasteiger partial charge >= 0.3 is 0 Å². The summed E-state index contributed by atoms with van der Waals surface area (Å²) in [5, 5.41) is 1.98. The molecule has 4 rings (SSSR count). The third-order valence-corrected chi connectivity index (χ3v) is 6.92. The predicted octanol–water partition coefficient (Wildman–Crippen LogP) is 6.00. The fourth-order valence-corrected chi connectivity index (χ4v) is 5.02. The number of nitrogens with zero attached hydrogens (tertiary/aromatic N) is 1. The molecule has 0 radical (unpaired) electrons. The first-order valence-corrected chi connectivity index (χ1v) is 11.5. The number of amides is 2. The summed E-state index contributed by atoms with van der Waals surface area (Å²) in [7, 11) is 0. The van der Waals surface area contributed by atoms with Gasteiger partial charge in [-0.1, -0.05) is 54.6 Å². The quantitative estimate of drug-likeness (QED) is 0.485. The minimum atomic E-state index is -0.779. The molecule has 1 heterocycles. The number of aryl methyl sites for hydroxylation is 2. The van der Waals surface area contributed by atoms with Gasteiger partial charge in [-0.2, -0.15) is 0 Å². The van der Waals surface area contributed by atoms with E-state index in [9.17, 15) is 9.59 Å². The van der Waals surface area contributed by atoms with Crippen molar-refractivity contribution in [3.63, 3.8) is 0 Å². The maximum atomic E-state index is 12.7. The minimum Gasteiger partial charge on any atom is -0.324 e. The van der Waals surface area contributed by atoms with Crippen LogP contribution in [0.1, 0.15) is 33.0 Å². The van der Waals surface area contributed by atoms with Crippen molar-refractivity contribution in [2.75, 3.05) is 16.0 Å². The van der Waals surface area contributed by atoms with Crippen LogP contribution in [0.4, 0.5) is 11.4 Å². The van der Waals surface area contributed by atoms with Crippen LogP contribution in [0.5, 0.6) is 0 Å². The van der Waals surface area contributed by atoms with Gasteiger partial charge in [-0.3, -0.25) is 14.5 Å². The van der Waals surface area contributed by atoms with Crippen molar-refractivity contribution < 1.29 is 9.59 Å². The molecule has 2 amide bonds. The van der Waals surface area contributed by atoms with Gasteiger partial charge in [0.25, 0.3) is 0 Å². The molecule has 1 saturated heterocycles. The van der Waals surface area contributed by atoms with Crippen molar-refractivity contribution in [3.8, 4) is 0 Å². The Morgan fingerprint density at radius 1 is 1.06 bits per heavy atom. The highest BCUT2D eigenvalue weighted by Crippen LogP contribution is 2.43. The van der Waals surface area contributed by atoms with Gasteiger partial charge in [-0.15, -0.1) is 23.4 Å². The Labute approximate surface area is 191 Å². The van der Waals surface area contributed by atoms with E-state index in [4.69, 9.17) is 11.6 Å². The molecule has 0 unspecified atom stereocenters. The molecule has 3 aromatic carbocycles. The minimum absolute atomic E-state index is 0.0861. The van der Waals surface area contributed by atoms with Crippen LogP contribution in [-0.2, 0) is 9.59 Å². The second-order valence-corrected chi connectivity index (χ2v) is 9.11. The molecule has 0 spiro atoms. The molecule has 4 nitrogen and oxygen atoms in total. The molecule has 1 fully saturated rings. The molecule has 0 bridgehead atoms. The highest BCUT2D eigenvalue weighted by atomic mass is 35.5. The van der Waals surface area contributed by atoms with Gasteiger partial charge in [0.2, 0.25) is 11.8 Å². The summed E-state index contributed by atoms with van der Waals surface area (Å²) in [6.07, 6.45) is 0. The Hall–Kier alpha value is -2.76. The molecule has 0 aromatic heterocycles. The monoisotopic (exact) mass is 450 g/mol. The van der Waals surface area contributed by atoms with Crippen LogP contribution in [0.3, 0.4) is 0 Å². The molecule has 3 aromatic rings. The van der Waals surface area contributed by atoms with E-state index in [0.717, 1.165) is 27.9 Å². The van der Waals surface area contributed by atoms with Crippen molar-refractivity contribution >= 4 is 46.6 Å². The fraction of sp³-hybridized carbons (Fsp3) is 0.200. The lowest BCUT2D eigenvalue weighted by Crippen LogP contribution is -2.28. The molecule has 2 atom stereocenters. The van der Waals surface area contributed by atoms with E-state index in [1.807, 2.05) is 85.5 Å². The van der Waals surface area contributed by atoms with Crippen LogP contribution in [-0.4, -0.2) is 17.6 Å². The van der Waals surface area contributed by atoms with Gasteiger partial charge in [0.1, 0.15) is 10.8 Å². The van der Waals surface area contributed by atoms with Crippen LogP contribution < -0.4 is 10.2 Å². The van der Waals surface area contributed by atoms with Crippen molar-refractivity contribution in [2.24, 2.45) is 0 Å². The molecule has 158 valence electrons. The summed E-state index contributed by atoms with van der Waals surface area (Å²) < 4.78 is 0. The van der Waals surface area contributed by atoms with Crippen molar-refractivity contribution in [1.82, 2.24) is 0 Å². The number of hydrogen-bond acceptors (Lipinski definition) is 3. The zero-order valence-corrected chi connectivity index (χ0v) is 18.9. The number of halogens is 1. The lowest BCUT2D eigenvalue weighted by molar-refractivity contribution is -0.116. The lowest BCUT2D eigenvalue weighted by Gasteiger charge is -2.26. The number of carbonyl (C=O) groups is 2. The fourth-order valence-electron chi connectivity index (χ4n) is 3.66. The zero-order valence-electron chi connectivity index (χ0n) is 17.3. The summed E-state index contributed by atoms with van der Waals surface area (Å²) >= 11 is 7.95. The van der Waals surface area contributed by atoms with Gasteiger partial charge in [0, 0.05) is 11.4 Å². The van der Waals surface area contributed by atoms with Gasteiger partial charge < -0.3 is 5.32 Å². The molecule has 6 heteroatoms. The zero-order chi connectivity index (χ0) is 22.0. The average molecular weight is 451 g/mol. The highest BCUT2D eigenvalue weighted by Gasteiger charge is 2.35. The van der Waals surface area contributed by atoms with E-state index in [-0.39, 0.29) is 17.2 Å². The smallest absolute Gasteiger partial charge is 0.246 e. The molecular formula is C25H23ClN2O2S. The van der Waals surface area contributed by atoms with Gasteiger partial charge in [0.05, 0.1) is 5.75 Å². The topological polar surface area (TPSA) is 49.4 Å². The maximum Gasteiger partial charge on any atom is 0.246 e. The number of alkyl halides is 1. The van der Waals surface area contributed by atoms with Crippen LogP contribution in [0.15, 0.2) is 72.8 Å². The highest BCUT2D eigenvalue weighted by molar-refractivity contribution is 8.00. The van der Waals surface area contributed by atoms with Crippen molar-refractivity contribution in [1.29, 1.82) is 0 Å². The van der Waals surface area contributed by atoms with Gasteiger partial charge in [-0.05, 0) is 54.3 Å². The SMILES string of the molecule is Cc1ccc(C)c(N2C(=O)CS[C@H]2c2cccc(NC(=O)[C@H](Cl)c3ccccc3)c2)c1. The third-order valence-electron chi connectivity index (χ3n) is 5.25. The molecule has 1 aliphatic heterocycles. The standard InChI is InChI=1S/C25H23ClN2O2S/c1-16-11-12-17(2)21(13-16)28-22(29)15-31-25(28)19-9-6-10-20(14-19)27-24(30)23(26)18-7-4-3-5-8-18/h3-14,23,25H,15H2,1-2H3,(H,27,30)/t23-,25+/m1/s1. The number of rotatable bonds is 5. The van der Waals surface area contributed by atoms with E-state index in [1.165, 1.54) is 0 Å². The van der Waals surface area contributed by atoms with Gasteiger partial charge in [0.15, 0.2) is 0 Å². The average Bonchev–Trinajstić information content (AvgIpc) is 3.17. The van der Waals surface area contributed by atoms with E-state index in [2.05, 4.69) is 11.4 Å². The largest absolute Gasteiger partial charge is 0.324 e. The summed E-state index contributed by atoms with van der Waals surface area (Å²) in [4.78, 5) is 27.3. The first kappa shape index (κ1) is 21.5. The number of benzene rings is 3. The first-order valence-electron chi connectivity index (χ1n) is 10.0. The predicted molar refractivity (Wildman–Crippen MR) is 129 cm³/mol. The summed E-state index contributed by atoms with van der Waals surface area (Å²) in [6.45, 7) is 4.04. The van der Waals surface area contributed by atoms with Crippen molar-refractivity contribution in [3.05, 3.63) is 95.1 Å². The molecule has 0 saturated carbocycles. The number of anilines is 2. The van der Waals surface area contributed by atoms with E-state index >= 15 is 0 Å². The molecular weight excluding hydrogens is 428 g/mol. The summed E-state index contributed by atoms with van der Waals surface area (Å²) in [5.74, 6) is 0.224. The van der Waals surface area contributed by atoms with Crippen LogP contribution >= 0.6 is 23.4 Å². The first-order chi connectivity index (χ1) is 14.9. The second-order valence-electron chi connectivity index (χ2n) is 7.60. The summed E-state index contributed by atoms with van der Waals surface area (Å²) in [6, 6.07) is 23.0. The number of carbonyl (C=O) groups excluding carboxylic acids is 2. The Balaban J connectivity index is 1.58. The third kappa shape index (κ3) is 4.63. The molecule has 31 heavy (non-hydrogen) atoms. The van der Waals surface area contributed by atoms with Crippen LogP contribution in [0, 0.1) is 13.8 Å².